The molecule has 0 saturated carbocycles. The number of hydrogen-bond donors (Lipinski definition) is 1. The summed E-state index contributed by atoms with van der Waals surface area (Å²) in [6, 6.07) is 3.94. The third-order valence-corrected chi connectivity index (χ3v) is 2.72. The first-order valence-corrected chi connectivity index (χ1v) is 6.72. The normalized spacial score (nSPS) is 10.7. The van der Waals surface area contributed by atoms with E-state index < -0.39 is 11.9 Å². The Morgan fingerprint density at radius 3 is 2.27 bits per heavy atom. The van der Waals surface area contributed by atoms with Crippen LogP contribution in [0.1, 0.15) is 25.2 Å². The monoisotopic (exact) mass is 313 g/mol. The zero-order valence-electron chi connectivity index (χ0n) is 12.6. The summed E-state index contributed by atoms with van der Waals surface area (Å²) in [5, 5.41) is 0. The number of nitrogens with two attached hydrogens (primary N) is 1. The molecule has 120 valence electrons. The van der Waals surface area contributed by atoms with Crippen LogP contribution in [0.4, 0.5) is 13.2 Å². The van der Waals surface area contributed by atoms with E-state index in [1.807, 2.05) is 13.8 Å². The van der Waals surface area contributed by atoms with Gasteiger partial charge in [0.25, 0.3) is 0 Å². The molecule has 0 aliphatic carbocycles. The topological polar surface area (TPSA) is 61.0 Å². The molecule has 0 radical (unpaired) electrons. The lowest BCUT2D eigenvalue weighted by atomic mass is 10.1. The van der Waals surface area contributed by atoms with Crippen molar-refractivity contribution in [2.24, 2.45) is 5.73 Å². The first-order chi connectivity index (χ1) is 10.5. The molecule has 0 bridgehead atoms. The Bertz CT molecular complexity index is 598. The van der Waals surface area contributed by atoms with Gasteiger partial charge in [-0.25, -0.2) is 0 Å². The lowest BCUT2D eigenvalue weighted by molar-refractivity contribution is -0.141. The van der Waals surface area contributed by atoms with Crippen molar-refractivity contribution in [3.63, 3.8) is 0 Å². The van der Waals surface area contributed by atoms with Crippen LogP contribution in [0.3, 0.4) is 0 Å². The molecule has 0 spiro atoms. The van der Waals surface area contributed by atoms with Gasteiger partial charge in [0.05, 0.1) is 19.0 Å². The van der Waals surface area contributed by atoms with Gasteiger partial charge in [0.15, 0.2) is 0 Å². The van der Waals surface area contributed by atoms with E-state index in [0.717, 1.165) is 12.3 Å². The Morgan fingerprint density at radius 2 is 1.82 bits per heavy atom. The molecular weight excluding hydrogens is 295 g/mol. The standard InChI is InChI=1S/C13H12F3N3O.C2H6/c1-20-11-7-18-9(5-17)4-10(11)8-2-3-12(19-6-8)13(14,15)16;1-2/h2-4,6-7H,5,17H2,1H3;1-2H3. The van der Waals surface area contributed by atoms with Crippen LogP contribution in [0.2, 0.25) is 0 Å². The molecular formula is C15H18F3N3O. The second-order valence-electron chi connectivity index (χ2n) is 4.01. The van der Waals surface area contributed by atoms with Crippen LogP contribution < -0.4 is 10.5 Å². The van der Waals surface area contributed by atoms with E-state index in [-0.39, 0.29) is 6.54 Å². The Labute approximate surface area is 127 Å². The molecule has 7 heteroatoms. The van der Waals surface area contributed by atoms with Gasteiger partial charge >= 0.3 is 6.18 Å². The number of methoxy groups -OCH3 is 1. The first-order valence-electron chi connectivity index (χ1n) is 6.72. The molecule has 2 heterocycles. The smallest absolute Gasteiger partial charge is 0.433 e. The number of pyridine rings is 2. The average molecular weight is 313 g/mol. The summed E-state index contributed by atoms with van der Waals surface area (Å²) in [6.45, 7) is 4.23. The molecule has 2 N–H and O–H groups in total. The van der Waals surface area contributed by atoms with Gasteiger partial charge < -0.3 is 10.5 Å². The Balaban J connectivity index is 0.00000116. The van der Waals surface area contributed by atoms with Gasteiger partial charge in [-0.1, -0.05) is 19.9 Å². The van der Waals surface area contributed by atoms with Crippen LogP contribution >= 0.6 is 0 Å². The SMILES string of the molecule is CC.COc1cnc(CN)cc1-c1ccc(C(F)(F)F)nc1. The number of ether oxygens (including phenoxy) is 1. The van der Waals surface area contributed by atoms with Crippen LogP contribution in [0, 0.1) is 0 Å². The maximum atomic E-state index is 12.5. The van der Waals surface area contributed by atoms with Crippen LogP contribution in [0.25, 0.3) is 11.1 Å². The van der Waals surface area contributed by atoms with Gasteiger partial charge in [-0.15, -0.1) is 0 Å². The predicted octanol–water partition coefficient (Wildman–Crippen LogP) is 3.66. The summed E-state index contributed by atoms with van der Waals surface area (Å²) in [5.74, 6) is 0.448. The lowest BCUT2D eigenvalue weighted by Crippen LogP contribution is -2.07. The third kappa shape index (κ3) is 4.17. The molecule has 0 aliphatic rings. The average Bonchev–Trinajstić information content (AvgIpc) is 2.55. The number of hydrogen-bond acceptors (Lipinski definition) is 4. The number of alkyl halides is 3. The van der Waals surface area contributed by atoms with E-state index in [4.69, 9.17) is 10.5 Å². The van der Waals surface area contributed by atoms with Gasteiger partial charge in [0, 0.05) is 23.9 Å². The fourth-order valence-corrected chi connectivity index (χ4v) is 1.71. The van der Waals surface area contributed by atoms with E-state index in [1.165, 1.54) is 19.4 Å². The van der Waals surface area contributed by atoms with Gasteiger partial charge in [0.2, 0.25) is 0 Å². The maximum Gasteiger partial charge on any atom is 0.433 e. The van der Waals surface area contributed by atoms with Crippen LogP contribution in [0.5, 0.6) is 5.75 Å². The highest BCUT2D eigenvalue weighted by atomic mass is 19.4. The quantitative estimate of drug-likeness (QED) is 0.939. The minimum absolute atomic E-state index is 0.227. The molecule has 4 nitrogen and oxygen atoms in total. The highest BCUT2D eigenvalue weighted by Crippen LogP contribution is 2.32. The predicted molar refractivity (Wildman–Crippen MR) is 78.3 cm³/mol. The van der Waals surface area contributed by atoms with Crippen molar-refractivity contribution in [1.29, 1.82) is 0 Å². The van der Waals surface area contributed by atoms with Gasteiger partial charge in [0.1, 0.15) is 11.4 Å². The van der Waals surface area contributed by atoms with Gasteiger partial charge in [-0.05, 0) is 12.1 Å². The van der Waals surface area contributed by atoms with Gasteiger partial charge in [-0.2, -0.15) is 13.2 Å². The summed E-state index contributed by atoms with van der Waals surface area (Å²) in [6.07, 6.45) is -1.82. The summed E-state index contributed by atoms with van der Waals surface area (Å²) >= 11 is 0. The molecule has 2 rings (SSSR count). The number of nitrogens with zero attached hydrogens (tertiary/aromatic N) is 2. The molecule has 0 saturated heterocycles. The Kier molecular flexibility index (Phi) is 6.30. The minimum atomic E-state index is -4.46. The fraction of sp³-hybridized carbons (Fsp3) is 0.333. The van der Waals surface area contributed by atoms with Crippen molar-refractivity contribution >= 4 is 0 Å². The highest BCUT2D eigenvalue weighted by Gasteiger charge is 2.32. The zero-order chi connectivity index (χ0) is 16.8. The molecule has 0 aromatic carbocycles. The zero-order valence-corrected chi connectivity index (χ0v) is 12.6. The molecule has 0 fully saturated rings. The first kappa shape index (κ1) is 17.9. The summed E-state index contributed by atoms with van der Waals surface area (Å²) in [5.41, 5.74) is 6.28. The van der Waals surface area contributed by atoms with Crippen molar-refractivity contribution in [2.45, 2.75) is 26.6 Å². The second-order valence-corrected chi connectivity index (χ2v) is 4.01. The van der Waals surface area contributed by atoms with Crippen molar-refractivity contribution in [3.05, 3.63) is 42.0 Å². The Morgan fingerprint density at radius 1 is 1.14 bits per heavy atom. The molecule has 2 aromatic heterocycles. The highest BCUT2D eigenvalue weighted by molar-refractivity contribution is 5.69. The summed E-state index contributed by atoms with van der Waals surface area (Å²) in [7, 11) is 1.46. The van der Waals surface area contributed by atoms with Gasteiger partial charge in [-0.3, -0.25) is 9.97 Å². The van der Waals surface area contributed by atoms with Crippen molar-refractivity contribution < 1.29 is 17.9 Å². The van der Waals surface area contributed by atoms with E-state index in [9.17, 15) is 13.2 Å². The molecule has 22 heavy (non-hydrogen) atoms. The fourth-order valence-electron chi connectivity index (χ4n) is 1.71. The number of rotatable bonds is 3. The van der Waals surface area contributed by atoms with Crippen LogP contribution in [0.15, 0.2) is 30.6 Å². The summed E-state index contributed by atoms with van der Waals surface area (Å²) in [4.78, 5) is 7.49. The Hall–Kier alpha value is -2.15. The number of halogens is 3. The molecule has 2 aromatic rings. The molecule has 0 amide bonds. The van der Waals surface area contributed by atoms with Crippen molar-refractivity contribution in [1.82, 2.24) is 9.97 Å². The second kappa shape index (κ2) is 7.74. The maximum absolute atomic E-state index is 12.5. The number of aromatic nitrogens is 2. The van der Waals surface area contributed by atoms with Crippen LogP contribution in [-0.4, -0.2) is 17.1 Å². The summed E-state index contributed by atoms with van der Waals surface area (Å²) < 4.78 is 42.6. The lowest BCUT2D eigenvalue weighted by Gasteiger charge is -2.11. The molecule has 0 aliphatic heterocycles. The molecule has 0 atom stereocenters. The van der Waals surface area contributed by atoms with E-state index in [2.05, 4.69) is 9.97 Å². The third-order valence-electron chi connectivity index (χ3n) is 2.72. The van der Waals surface area contributed by atoms with E-state index in [1.54, 1.807) is 6.07 Å². The van der Waals surface area contributed by atoms with E-state index >= 15 is 0 Å². The largest absolute Gasteiger partial charge is 0.494 e. The minimum Gasteiger partial charge on any atom is -0.494 e. The van der Waals surface area contributed by atoms with Crippen LogP contribution in [-0.2, 0) is 12.7 Å². The molecule has 0 unspecified atom stereocenters. The van der Waals surface area contributed by atoms with Crippen molar-refractivity contribution in [3.8, 4) is 16.9 Å². The van der Waals surface area contributed by atoms with Crippen molar-refractivity contribution in [2.75, 3.05) is 7.11 Å². The van der Waals surface area contributed by atoms with E-state index in [0.29, 0.717) is 22.6 Å².